The Bertz CT molecular complexity index is 323. The van der Waals surface area contributed by atoms with Gasteiger partial charge in [0.05, 0.1) is 7.11 Å². The molecule has 0 bridgehead atoms. The van der Waals surface area contributed by atoms with Gasteiger partial charge in [0.25, 0.3) is 0 Å². The molecule has 0 spiro atoms. The van der Waals surface area contributed by atoms with E-state index in [0.29, 0.717) is 11.8 Å². The lowest BCUT2D eigenvalue weighted by Gasteiger charge is -2.07. The van der Waals surface area contributed by atoms with Gasteiger partial charge in [-0.15, -0.1) is 0 Å². The molecule has 1 fully saturated rings. The molecule has 1 N–H and O–H groups in total. The van der Waals surface area contributed by atoms with Crippen molar-refractivity contribution in [1.82, 2.24) is 15.3 Å². The number of aromatic nitrogens is 2. The van der Waals surface area contributed by atoms with Crippen LogP contribution in [-0.4, -0.2) is 24.1 Å². The summed E-state index contributed by atoms with van der Waals surface area (Å²) < 4.78 is 5.23. The van der Waals surface area contributed by atoms with Gasteiger partial charge in [0.15, 0.2) is 0 Å². The molecule has 0 aliphatic heterocycles. The lowest BCUT2D eigenvalue weighted by Crippen LogP contribution is -2.09. The average Bonchev–Trinajstić information content (AvgIpc) is 3.02. The monoisotopic (exact) mass is 193 g/mol. The topological polar surface area (TPSA) is 47.0 Å². The summed E-state index contributed by atoms with van der Waals surface area (Å²) in [4.78, 5) is 8.74. The summed E-state index contributed by atoms with van der Waals surface area (Å²) in [6.45, 7) is 0.744. The zero-order chi connectivity index (χ0) is 9.97. The molecule has 4 heteroatoms. The maximum Gasteiger partial charge on any atom is 0.220 e. The van der Waals surface area contributed by atoms with Crippen molar-refractivity contribution in [3.05, 3.63) is 17.6 Å². The summed E-state index contributed by atoms with van der Waals surface area (Å²) in [5, 5.41) is 3.06. The fraction of sp³-hybridized carbons (Fsp3) is 0.600. The van der Waals surface area contributed by atoms with E-state index in [4.69, 9.17) is 4.74 Å². The number of nitrogens with one attached hydrogen (secondary N) is 1. The third kappa shape index (κ3) is 1.85. The Morgan fingerprint density at radius 2 is 2.36 bits per heavy atom. The van der Waals surface area contributed by atoms with Crippen molar-refractivity contribution in [3.8, 4) is 5.88 Å². The van der Waals surface area contributed by atoms with E-state index in [2.05, 4.69) is 15.3 Å². The van der Waals surface area contributed by atoms with Crippen LogP contribution in [0, 0.1) is 0 Å². The standard InChI is InChI=1S/C10H15N3O/c1-11-5-8-6-12-9(7-3-4-7)13-10(8)14-2/h6-7,11H,3-5H2,1-2H3. The van der Waals surface area contributed by atoms with E-state index in [1.165, 1.54) is 12.8 Å². The van der Waals surface area contributed by atoms with E-state index < -0.39 is 0 Å². The van der Waals surface area contributed by atoms with Crippen LogP contribution >= 0.6 is 0 Å². The molecule has 1 aromatic rings. The minimum Gasteiger partial charge on any atom is -0.481 e. The number of methoxy groups -OCH3 is 1. The lowest BCUT2D eigenvalue weighted by molar-refractivity contribution is 0.388. The fourth-order valence-electron chi connectivity index (χ4n) is 1.43. The number of hydrogen-bond acceptors (Lipinski definition) is 4. The van der Waals surface area contributed by atoms with E-state index in [-0.39, 0.29) is 0 Å². The van der Waals surface area contributed by atoms with Gasteiger partial charge in [0.1, 0.15) is 5.82 Å². The first-order valence-electron chi connectivity index (χ1n) is 4.89. The summed E-state index contributed by atoms with van der Waals surface area (Å²) in [5.41, 5.74) is 1.01. The molecule has 0 amide bonds. The zero-order valence-corrected chi connectivity index (χ0v) is 8.58. The Morgan fingerprint density at radius 3 is 2.93 bits per heavy atom. The van der Waals surface area contributed by atoms with E-state index in [0.717, 1.165) is 17.9 Å². The van der Waals surface area contributed by atoms with Gasteiger partial charge in [-0.25, -0.2) is 4.98 Å². The quantitative estimate of drug-likeness (QED) is 0.777. The number of ether oxygens (including phenoxy) is 1. The summed E-state index contributed by atoms with van der Waals surface area (Å²) in [5.74, 6) is 2.21. The van der Waals surface area contributed by atoms with Gasteiger partial charge in [-0.2, -0.15) is 4.98 Å². The van der Waals surface area contributed by atoms with Crippen LogP contribution < -0.4 is 10.1 Å². The number of rotatable bonds is 4. The predicted molar refractivity (Wildman–Crippen MR) is 53.3 cm³/mol. The third-order valence-corrected chi connectivity index (χ3v) is 2.35. The van der Waals surface area contributed by atoms with E-state index >= 15 is 0 Å². The van der Waals surface area contributed by atoms with E-state index in [9.17, 15) is 0 Å². The molecule has 2 rings (SSSR count). The highest BCUT2D eigenvalue weighted by atomic mass is 16.5. The van der Waals surface area contributed by atoms with Crippen molar-refractivity contribution in [2.24, 2.45) is 0 Å². The second-order valence-corrected chi connectivity index (χ2v) is 3.57. The molecule has 76 valence electrons. The van der Waals surface area contributed by atoms with Gasteiger partial charge < -0.3 is 10.1 Å². The molecule has 0 radical (unpaired) electrons. The SMILES string of the molecule is CNCc1cnc(C2CC2)nc1OC. The van der Waals surface area contributed by atoms with Crippen LogP contribution in [0.5, 0.6) is 5.88 Å². The van der Waals surface area contributed by atoms with Crippen molar-refractivity contribution in [1.29, 1.82) is 0 Å². The molecule has 1 aromatic heterocycles. The number of nitrogens with zero attached hydrogens (tertiary/aromatic N) is 2. The van der Waals surface area contributed by atoms with Crippen LogP contribution in [0.3, 0.4) is 0 Å². The fourth-order valence-corrected chi connectivity index (χ4v) is 1.43. The highest BCUT2D eigenvalue weighted by Gasteiger charge is 2.27. The highest BCUT2D eigenvalue weighted by Crippen LogP contribution is 2.38. The first kappa shape index (κ1) is 9.40. The molecule has 0 saturated heterocycles. The average molecular weight is 193 g/mol. The van der Waals surface area contributed by atoms with Gasteiger partial charge in [0.2, 0.25) is 5.88 Å². The van der Waals surface area contributed by atoms with Crippen LogP contribution in [0.1, 0.15) is 30.1 Å². The molecule has 14 heavy (non-hydrogen) atoms. The van der Waals surface area contributed by atoms with Crippen molar-refractivity contribution >= 4 is 0 Å². The smallest absolute Gasteiger partial charge is 0.220 e. The third-order valence-electron chi connectivity index (χ3n) is 2.35. The summed E-state index contributed by atoms with van der Waals surface area (Å²) in [7, 11) is 3.55. The summed E-state index contributed by atoms with van der Waals surface area (Å²) in [6.07, 6.45) is 4.29. The second kappa shape index (κ2) is 3.92. The van der Waals surface area contributed by atoms with Crippen molar-refractivity contribution in [3.63, 3.8) is 0 Å². The first-order chi connectivity index (χ1) is 6.85. The highest BCUT2D eigenvalue weighted by molar-refractivity contribution is 5.25. The molecule has 1 heterocycles. The summed E-state index contributed by atoms with van der Waals surface area (Å²) in [6, 6.07) is 0. The van der Waals surface area contributed by atoms with Gasteiger partial charge in [-0.05, 0) is 19.9 Å². The lowest BCUT2D eigenvalue weighted by atomic mass is 10.3. The van der Waals surface area contributed by atoms with Gasteiger partial charge in [-0.1, -0.05) is 0 Å². The molecular formula is C10H15N3O. The molecule has 0 atom stereocenters. The van der Waals surface area contributed by atoms with Gasteiger partial charge in [-0.3, -0.25) is 0 Å². The Kier molecular flexibility index (Phi) is 2.63. The van der Waals surface area contributed by atoms with E-state index in [1.807, 2.05) is 13.2 Å². The molecule has 1 saturated carbocycles. The largest absolute Gasteiger partial charge is 0.481 e. The van der Waals surface area contributed by atoms with Crippen molar-refractivity contribution in [2.45, 2.75) is 25.3 Å². The Hall–Kier alpha value is -1.16. The molecule has 4 nitrogen and oxygen atoms in total. The Balaban J connectivity index is 2.24. The zero-order valence-electron chi connectivity index (χ0n) is 8.58. The normalized spacial score (nSPS) is 15.6. The molecule has 1 aliphatic rings. The maximum absolute atomic E-state index is 5.23. The van der Waals surface area contributed by atoms with Crippen molar-refractivity contribution < 1.29 is 4.74 Å². The molecular weight excluding hydrogens is 178 g/mol. The van der Waals surface area contributed by atoms with Crippen LogP contribution in [-0.2, 0) is 6.54 Å². The summed E-state index contributed by atoms with van der Waals surface area (Å²) >= 11 is 0. The Labute approximate surface area is 83.7 Å². The molecule has 0 unspecified atom stereocenters. The first-order valence-corrected chi connectivity index (χ1v) is 4.89. The molecule has 0 aromatic carbocycles. The predicted octanol–water partition coefficient (Wildman–Crippen LogP) is 1.08. The Morgan fingerprint density at radius 1 is 1.57 bits per heavy atom. The van der Waals surface area contributed by atoms with Gasteiger partial charge in [0, 0.05) is 24.2 Å². The van der Waals surface area contributed by atoms with Crippen LogP contribution in [0.15, 0.2) is 6.20 Å². The second-order valence-electron chi connectivity index (χ2n) is 3.57. The van der Waals surface area contributed by atoms with Gasteiger partial charge >= 0.3 is 0 Å². The van der Waals surface area contributed by atoms with Crippen molar-refractivity contribution in [2.75, 3.05) is 14.2 Å². The minimum absolute atomic E-state index is 0.576. The van der Waals surface area contributed by atoms with E-state index in [1.54, 1.807) is 7.11 Å². The van der Waals surface area contributed by atoms with Crippen LogP contribution in [0.4, 0.5) is 0 Å². The van der Waals surface area contributed by atoms with Crippen LogP contribution in [0.2, 0.25) is 0 Å². The van der Waals surface area contributed by atoms with Crippen LogP contribution in [0.25, 0.3) is 0 Å². The number of hydrogen-bond donors (Lipinski definition) is 1. The maximum atomic E-state index is 5.23. The minimum atomic E-state index is 0.576. The molecule has 1 aliphatic carbocycles.